The lowest BCUT2D eigenvalue weighted by molar-refractivity contribution is 0.623. The Labute approximate surface area is 186 Å². The molecule has 1 unspecified atom stereocenters. The normalized spacial score (nSPS) is 13.1. The lowest BCUT2D eigenvalue weighted by atomic mass is 10.1. The zero-order valence-corrected chi connectivity index (χ0v) is 23.3. The van der Waals surface area contributed by atoms with E-state index >= 15 is 0 Å². The zero-order chi connectivity index (χ0) is 21.7. The van der Waals surface area contributed by atoms with Crippen molar-refractivity contribution in [3.63, 3.8) is 0 Å². The van der Waals surface area contributed by atoms with Crippen molar-refractivity contribution in [3.05, 3.63) is 23.3 Å². The van der Waals surface area contributed by atoms with Crippen LogP contribution < -0.4 is 10.4 Å². The van der Waals surface area contributed by atoms with Gasteiger partial charge in [0, 0.05) is 0 Å². The van der Waals surface area contributed by atoms with E-state index in [2.05, 4.69) is 59.5 Å². The number of unbranched alkanes of at least 4 members (excludes halogenated alkanes) is 10. The van der Waals surface area contributed by atoms with Gasteiger partial charge in [0.25, 0.3) is 0 Å². The summed E-state index contributed by atoms with van der Waals surface area (Å²) in [5.74, 6) is 0. The van der Waals surface area contributed by atoms with Gasteiger partial charge < -0.3 is 0 Å². The number of hydrogen-bond donors (Lipinski definition) is 0. The summed E-state index contributed by atoms with van der Waals surface area (Å²) in [5, 5.41) is 3.50. The van der Waals surface area contributed by atoms with Crippen LogP contribution in [0.25, 0.3) is 0 Å². The van der Waals surface area contributed by atoms with E-state index in [4.69, 9.17) is 0 Å². The average Bonchev–Trinajstić information content (AvgIpc) is 2.68. The average molecular weight is 433 g/mol. The minimum atomic E-state index is -1.31. The van der Waals surface area contributed by atoms with Crippen LogP contribution >= 0.6 is 0 Å². The molecule has 2 heteroatoms. The summed E-state index contributed by atoms with van der Waals surface area (Å²) in [5.41, 5.74) is 3.22. The largest absolute Gasteiger partial charge is 0.0809 e. The van der Waals surface area contributed by atoms with E-state index in [1.165, 1.54) is 89.1 Å². The smallest absolute Gasteiger partial charge is 0.0680 e. The maximum Gasteiger partial charge on any atom is 0.0809 e. The molecule has 0 spiro atoms. The molecule has 1 atom stereocenters. The van der Waals surface area contributed by atoms with E-state index in [-0.39, 0.29) is 0 Å². The van der Waals surface area contributed by atoms with Crippen LogP contribution in [0.4, 0.5) is 0 Å². The van der Waals surface area contributed by atoms with Crippen molar-refractivity contribution >= 4 is 27.2 Å². The van der Waals surface area contributed by atoms with Crippen molar-refractivity contribution in [2.24, 2.45) is 0 Å². The summed E-state index contributed by atoms with van der Waals surface area (Å²) in [7, 11) is -2.09. The molecule has 0 heterocycles. The Hall–Kier alpha value is -0.346. The molecule has 1 rings (SSSR count). The zero-order valence-electron chi connectivity index (χ0n) is 21.1. The molecular weight excluding hydrogens is 380 g/mol. The van der Waals surface area contributed by atoms with Crippen LogP contribution in [0.3, 0.4) is 0 Å². The molecule has 1 aromatic rings. The van der Waals surface area contributed by atoms with Crippen molar-refractivity contribution in [3.8, 4) is 0 Å². The Bertz CT molecular complexity index is 562. The van der Waals surface area contributed by atoms with E-state index < -0.39 is 16.9 Å². The van der Waals surface area contributed by atoms with Gasteiger partial charge in [-0.25, -0.2) is 0 Å². The number of rotatable bonds is 16. The second kappa shape index (κ2) is 14.6. The Morgan fingerprint density at radius 3 is 1.79 bits per heavy atom. The summed E-state index contributed by atoms with van der Waals surface area (Å²) in [6.07, 6.45) is 17.1. The highest BCUT2D eigenvalue weighted by molar-refractivity contribution is 6.90. The molecule has 0 bridgehead atoms. The molecule has 0 aromatic heterocycles. The third-order valence-corrected chi connectivity index (χ3v) is 13.6. The molecule has 0 saturated carbocycles. The third kappa shape index (κ3) is 10.0. The fraction of sp³-hybridized carbons (Fsp3) is 0.778. The van der Waals surface area contributed by atoms with Gasteiger partial charge in [0.2, 0.25) is 0 Å². The lowest BCUT2D eigenvalue weighted by Gasteiger charge is -2.27. The molecule has 0 aliphatic rings. The molecule has 29 heavy (non-hydrogen) atoms. The van der Waals surface area contributed by atoms with Gasteiger partial charge in [0.05, 0.1) is 16.9 Å². The lowest BCUT2D eigenvalue weighted by Crippen LogP contribution is -2.45. The first kappa shape index (κ1) is 26.7. The standard InChI is InChI=1S/C27H52Si2/c1-8-10-12-14-16-18-20-28(5)26-22-25(4)27(23-24(26)3)29(6,7)21-19-17-15-13-11-9-2/h22-23,28H,8-21H2,1-7H3. The Kier molecular flexibility index (Phi) is 13.5. The van der Waals surface area contributed by atoms with Gasteiger partial charge in [-0.15, -0.1) is 0 Å². The second-order valence-corrected chi connectivity index (χ2v) is 18.2. The van der Waals surface area contributed by atoms with E-state index in [1.54, 1.807) is 21.5 Å². The summed E-state index contributed by atoms with van der Waals surface area (Å²) >= 11 is 0. The van der Waals surface area contributed by atoms with Crippen LogP contribution in [-0.4, -0.2) is 16.9 Å². The number of hydrogen-bond acceptors (Lipinski definition) is 0. The molecule has 0 nitrogen and oxygen atoms in total. The maximum absolute atomic E-state index is 2.62. The van der Waals surface area contributed by atoms with E-state index in [9.17, 15) is 0 Å². The SMILES string of the molecule is CCCCCCCC[SiH](C)c1cc(C)c([Si](C)(C)CCCCCCCC)cc1C. The fourth-order valence-corrected chi connectivity index (χ4v) is 10.7. The summed E-state index contributed by atoms with van der Waals surface area (Å²) in [6, 6.07) is 8.20. The molecule has 0 fully saturated rings. The highest BCUT2D eigenvalue weighted by Gasteiger charge is 2.26. The highest BCUT2D eigenvalue weighted by Crippen LogP contribution is 2.19. The van der Waals surface area contributed by atoms with Crippen LogP contribution in [0.2, 0.25) is 31.7 Å². The van der Waals surface area contributed by atoms with Crippen LogP contribution in [0.1, 0.15) is 102 Å². The predicted molar refractivity (Wildman–Crippen MR) is 142 cm³/mol. The van der Waals surface area contributed by atoms with E-state index in [1.807, 2.05) is 0 Å². The van der Waals surface area contributed by atoms with Crippen molar-refractivity contribution < 1.29 is 0 Å². The molecule has 0 N–H and O–H groups in total. The molecule has 0 aliphatic carbocycles. The van der Waals surface area contributed by atoms with Crippen molar-refractivity contribution in [1.82, 2.24) is 0 Å². The van der Waals surface area contributed by atoms with E-state index in [0.29, 0.717) is 0 Å². The topological polar surface area (TPSA) is 0 Å². The van der Waals surface area contributed by atoms with Crippen LogP contribution in [0.15, 0.2) is 12.1 Å². The van der Waals surface area contributed by atoms with Crippen LogP contribution in [0, 0.1) is 13.8 Å². The minimum Gasteiger partial charge on any atom is -0.0680 e. The quantitative estimate of drug-likeness (QED) is 0.183. The second-order valence-electron chi connectivity index (χ2n) is 10.4. The van der Waals surface area contributed by atoms with Gasteiger partial charge in [-0.1, -0.05) is 156 Å². The van der Waals surface area contributed by atoms with Gasteiger partial charge in [-0.05, 0) is 13.8 Å². The van der Waals surface area contributed by atoms with Gasteiger partial charge >= 0.3 is 0 Å². The highest BCUT2D eigenvalue weighted by atomic mass is 28.3. The Morgan fingerprint density at radius 1 is 0.690 bits per heavy atom. The van der Waals surface area contributed by atoms with Crippen LogP contribution in [-0.2, 0) is 0 Å². The predicted octanol–water partition coefficient (Wildman–Crippen LogP) is 8.00. The minimum absolute atomic E-state index is 0.785. The first-order chi connectivity index (χ1) is 13.8. The van der Waals surface area contributed by atoms with Gasteiger partial charge in [0.1, 0.15) is 0 Å². The maximum atomic E-state index is 2.62. The fourth-order valence-electron chi connectivity index (χ4n) is 4.97. The monoisotopic (exact) mass is 432 g/mol. The van der Waals surface area contributed by atoms with Crippen molar-refractivity contribution in [2.75, 3.05) is 0 Å². The van der Waals surface area contributed by atoms with Crippen molar-refractivity contribution in [1.29, 1.82) is 0 Å². The summed E-state index contributed by atoms with van der Waals surface area (Å²) in [4.78, 5) is 0. The molecule has 0 saturated heterocycles. The first-order valence-electron chi connectivity index (χ1n) is 12.9. The molecule has 0 amide bonds. The van der Waals surface area contributed by atoms with Gasteiger partial charge in [-0.3, -0.25) is 0 Å². The number of benzene rings is 1. The molecule has 1 aromatic carbocycles. The molecule has 0 aliphatic heterocycles. The Morgan fingerprint density at radius 2 is 1.21 bits per heavy atom. The van der Waals surface area contributed by atoms with Gasteiger partial charge in [-0.2, -0.15) is 0 Å². The Balaban J connectivity index is 2.60. The summed E-state index contributed by atoms with van der Waals surface area (Å²) < 4.78 is 0. The molecular formula is C27H52Si2. The van der Waals surface area contributed by atoms with Crippen LogP contribution in [0.5, 0.6) is 0 Å². The third-order valence-electron chi connectivity index (χ3n) is 7.02. The molecule has 168 valence electrons. The van der Waals surface area contributed by atoms with Crippen molar-refractivity contribution in [2.45, 2.75) is 136 Å². The van der Waals surface area contributed by atoms with Gasteiger partial charge in [0.15, 0.2) is 0 Å². The van der Waals surface area contributed by atoms with E-state index in [0.717, 1.165) is 0 Å². The molecule has 0 radical (unpaired) electrons. The first-order valence-corrected chi connectivity index (χ1v) is 18.7. The summed E-state index contributed by atoms with van der Waals surface area (Å²) in [6.45, 7) is 17.2. The number of aryl methyl sites for hydroxylation is 2.